The van der Waals surface area contributed by atoms with Crippen molar-refractivity contribution in [3.8, 4) is 17.2 Å². The Morgan fingerprint density at radius 3 is 2.69 bits per heavy atom. The molecule has 152 valence electrons. The Bertz CT molecular complexity index is 969. The maximum absolute atomic E-state index is 12.7. The normalized spacial score (nSPS) is 21.1. The van der Waals surface area contributed by atoms with Gasteiger partial charge in [0.05, 0.1) is 0 Å². The first-order valence-electron chi connectivity index (χ1n) is 9.07. The van der Waals surface area contributed by atoms with Crippen LogP contribution in [0.3, 0.4) is 0 Å². The van der Waals surface area contributed by atoms with Crippen LogP contribution in [0.2, 0.25) is 0 Å². The molecule has 29 heavy (non-hydrogen) atoms. The van der Waals surface area contributed by atoms with Crippen LogP contribution in [0.15, 0.2) is 36.4 Å². The van der Waals surface area contributed by atoms with E-state index in [0.29, 0.717) is 5.75 Å². The molecule has 1 heterocycles. The number of ether oxygens (including phenoxy) is 2. The van der Waals surface area contributed by atoms with Crippen molar-refractivity contribution in [3.05, 3.63) is 47.5 Å². The molecule has 2 atom stereocenters. The maximum Gasteiger partial charge on any atom is 0.387 e. The van der Waals surface area contributed by atoms with E-state index in [0.717, 1.165) is 42.2 Å². The third kappa shape index (κ3) is 4.14. The van der Waals surface area contributed by atoms with Crippen LogP contribution >= 0.6 is 11.8 Å². The fraction of sp³-hybridized carbons (Fsp3) is 0.300. The van der Waals surface area contributed by atoms with E-state index in [9.17, 15) is 18.4 Å². The number of fused-ring (bicyclic) bond motifs is 1. The van der Waals surface area contributed by atoms with E-state index in [1.807, 2.05) is 12.1 Å². The van der Waals surface area contributed by atoms with E-state index >= 15 is 0 Å². The zero-order valence-corrected chi connectivity index (χ0v) is 16.0. The van der Waals surface area contributed by atoms with E-state index in [4.69, 9.17) is 10.5 Å². The highest BCUT2D eigenvalue weighted by molar-refractivity contribution is 8.15. The smallest absolute Gasteiger partial charge is 0.387 e. The van der Waals surface area contributed by atoms with Gasteiger partial charge in [0, 0.05) is 17.7 Å². The molecular weight excluding hydrogens is 402 g/mol. The minimum Gasteiger partial charge on any atom is -0.453 e. The number of alkyl halides is 2. The number of amides is 2. The van der Waals surface area contributed by atoms with Crippen molar-refractivity contribution in [2.45, 2.75) is 37.0 Å². The Balaban J connectivity index is 1.59. The van der Waals surface area contributed by atoms with Crippen LogP contribution in [0, 0.1) is 0 Å². The lowest BCUT2D eigenvalue weighted by atomic mass is 9.80. The number of aryl methyl sites for hydroxylation is 1. The summed E-state index contributed by atoms with van der Waals surface area (Å²) in [6.07, 6.45) is 2.50. The van der Waals surface area contributed by atoms with Crippen molar-refractivity contribution in [2.75, 3.05) is 5.73 Å². The lowest BCUT2D eigenvalue weighted by Gasteiger charge is -2.28. The van der Waals surface area contributed by atoms with Gasteiger partial charge in [-0.05, 0) is 54.7 Å². The molecule has 2 aromatic carbocycles. The Morgan fingerprint density at radius 2 is 1.97 bits per heavy atom. The first-order valence-corrected chi connectivity index (χ1v) is 9.95. The molecule has 2 aliphatic rings. The predicted octanol–water partition coefficient (Wildman–Crippen LogP) is 4.43. The number of carbonyl (C=O) groups excluding carboxylic acids is 2. The van der Waals surface area contributed by atoms with E-state index in [2.05, 4.69) is 10.1 Å². The fourth-order valence-electron chi connectivity index (χ4n) is 3.77. The van der Waals surface area contributed by atoms with Crippen molar-refractivity contribution in [3.63, 3.8) is 0 Å². The number of hydrogen-bond acceptors (Lipinski definition) is 6. The molecule has 0 bridgehead atoms. The summed E-state index contributed by atoms with van der Waals surface area (Å²) in [5.74, 6) is 0.136. The Hall–Kier alpha value is -2.81. The second kappa shape index (κ2) is 7.90. The van der Waals surface area contributed by atoms with Crippen LogP contribution in [-0.4, -0.2) is 23.0 Å². The Kier molecular flexibility index (Phi) is 5.31. The Morgan fingerprint density at radius 1 is 1.14 bits per heavy atom. The number of benzene rings is 2. The zero-order valence-electron chi connectivity index (χ0n) is 15.2. The third-order valence-electron chi connectivity index (χ3n) is 4.97. The molecule has 9 heteroatoms. The van der Waals surface area contributed by atoms with Crippen LogP contribution in [-0.2, 0) is 11.2 Å². The highest BCUT2D eigenvalue weighted by Crippen LogP contribution is 2.43. The number of halogens is 2. The van der Waals surface area contributed by atoms with Gasteiger partial charge in [-0.3, -0.25) is 14.9 Å². The van der Waals surface area contributed by atoms with Gasteiger partial charge in [-0.15, -0.1) is 0 Å². The van der Waals surface area contributed by atoms with Crippen LogP contribution in [0.25, 0.3) is 0 Å². The highest BCUT2D eigenvalue weighted by atomic mass is 32.2. The van der Waals surface area contributed by atoms with Gasteiger partial charge < -0.3 is 15.2 Å². The lowest BCUT2D eigenvalue weighted by molar-refractivity contribution is -0.119. The summed E-state index contributed by atoms with van der Waals surface area (Å²) in [5, 5.41) is 1.59. The average Bonchev–Trinajstić information content (AvgIpc) is 3.01. The summed E-state index contributed by atoms with van der Waals surface area (Å²) in [7, 11) is 0. The summed E-state index contributed by atoms with van der Waals surface area (Å²) in [6, 6.07) is 9.72. The molecule has 6 nitrogen and oxygen atoms in total. The van der Waals surface area contributed by atoms with E-state index in [1.54, 1.807) is 6.07 Å². The van der Waals surface area contributed by atoms with Crippen LogP contribution in [0.5, 0.6) is 17.2 Å². The van der Waals surface area contributed by atoms with E-state index in [-0.39, 0.29) is 34.3 Å². The number of carbonyl (C=O) groups is 2. The molecule has 0 radical (unpaired) electrons. The molecule has 0 aromatic heterocycles. The molecule has 3 N–H and O–H groups in total. The number of imide groups is 1. The number of rotatable bonds is 5. The summed E-state index contributed by atoms with van der Waals surface area (Å²) in [5.41, 5.74) is 7.94. The largest absolute Gasteiger partial charge is 0.453 e. The van der Waals surface area contributed by atoms with Crippen molar-refractivity contribution < 1.29 is 27.8 Å². The lowest BCUT2D eigenvalue weighted by Crippen LogP contribution is -2.30. The quantitative estimate of drug-likeness (QED) is 0.696. The molecule has 2 aromatic rings. The van der Waals surface area contributed by atoms with Gasteiger partial charge in [-0.2, -0.15) is 8.78 Å². The average molecular weight is 420 g/mol. The van der Waals surface area contributed by atoms with Crippen molar-refractivity contribution in [2.24, 2.45) is 0 Å². The van der Waals surface area contributed by atoms with Gasteiger partial charge >= 0.3 is 6.61 Å². The number of thioether (sulfide) groups is 1. The minimum absolute atomic E-state index is 0.0569. The summed E-state index contributed by atoms with van der Waals surface area (Å²) >= 11 is 1.03. The van der Waals surface area contributed by atoms with E-state index < -0.39 is 11.9 Å². The molecule has 0 saturated carbocycles. The van der Waals surface area contributed by atoms with Gasteiger partial charge in [-0.1, -0.05) is 17.8 Å². The molecule has 0 spiro atoms. The topological polar surface area (TPSA) is 90.6 Å². The maximum atomic E-state index is 12.7. The number of nitrogen functional groups attached to an aromatic ring is 1. The van der Waals surface area contributed by atoms with Gasteiger partial charge in [-0.25, -0.2) is 0 Å². The summed E-state index contributed by atoms with van der Waals surface area (Å²) in [6.45, 7) is -3.00. The standard InChI is InChI=1S/C20H18F2N2O4S/c21-19(22)28-16-9-11(23)4-7-15(16)27-12-5-6-13-10(8-12)2-1-3-14(13)17-18(25)24-20(26)29-17/h4-9,14,17,19H,1-3,23H2,(H,24,25,26)/t14-,17?/m1/s1. The SMILES string of the molecule is Nc1ccc(Oc2ccc3c(c2)CCC[C@H]3C2SC(=O)NC2=O)c(OC(F)F)c1. The fourth-order valence-corrected chi connectivity index (χ4v) is 4.77. The molecule has 2 amide bonds. The first-order chi connectivity index (χ1) is 13.9. The van der Waals surface area contributed by atoms with E-state index in [1.165, 1.54) is 18.2 Å². The van der Waals surface area contributed by atoms with Crippen LogP contribution in [0.4, 0.5) is 19.3 Å². The molecule has 1 saturated heterocycles. The zero-order chi connectivity index (χ0) is 20.5. The summed E-state index contributed by atoms with van der Waals surface area (Å²) < 4.78 is 35.6. The molecule has 1 fully saturated rings. The van der Waals surface area contributed by atoms with Gasteiger partial charge in [0.1, 0.15) is 11.0 Å². The number of nitrogens with two attached hydrogens (primary N) is 1. The van der Waals surface area contributed by atoms with Crippen LogP contribution < -0.4 is 20.5 Å². The van der Waals surface area contributed by atoms with Crippen LogP contribution in [0.1, 0.15) is 29.9 Å². The second-order valence-electron chi connectivity index (χ2n) is 6.86. The van der Waals surface area contributed by atoms with Crippen molar-refractivity contribution in [1.82, 2.24) is 5.32 Å². The first kappa shape index (κ1) is 19.5. The monoisotopic (exact) mass is 420 g/mol. The van der Waals surface area contributed by atoms with Gasteiger partial charge in [0.25, 0.3) is 5.24 Å². The number of anilines is 1. The predicted molar refractivity (Wildman–Crippen MR) is 105 cm³/mol. The molecule has 1 aliphatic carbocycles. The molecular formula is C20H18F2N2O4S. The third-order valence-corrected chi connectivity index (χ3v) is 6.08. The minimum atomic E-state index is -3.00. The van der Waals surface area contributed by atoms with Crippen molar-refractivity contribution in [1.29, 1.82) is 0 Å². The highest BCUT2D eigenvalue weighted by Gasteiger charge is 2.40. The van der Waals surface area contributed by atoms with Gasteiger partial charge in [0.15, 0.2) is 11.5 Å². The second-order valence-corrected chi connectivity index (χ2v) is 7.98. The number of nitrogens with one attached hydrogen (secondary N) is 1. The molecule has 4 rings (SSSR count). The summed E-state index contributed by atoms with van der Waals surface area (Å²) in [4.78, 5) is 23.6. The molecule has 1 aliphatic heterocycles. The molecule has 1 unspecified atom stereocenters. The van der Waals surface area contributed by atoms with Crippen molar-refractivity contribution >= 4 is 28.6 Å². The Labute approximate surface area is 169 Å². The van der Waals surface area contributed by atoms with Gasteiger partial charge in [0.2, 0.25) is 5.91 Å². The number of hydrogen-bond donors (Lipinski definition) is 2.